The predicted molar refractivity (Wildman–Crippen MR) is 129 cm³/mol. The van der Waals surface area contributed by atoms with E-state index in [2.05, 4.69) is 36.4 Å². The zero-order valence-electron chi connectivity index (χ0n) is 19.2. The molecule has 0 unspecified atom stereocenters. The number of benzene rings is 2. The highest BCUT2D eigenvalue weighted by Crippen LogP contribution is 2.32. The molecule has 4 aromatic rings. The van der Waals surface area contributed by atoms with E-state index in [-0.39, 0.29) is 15.6 Å². The molecule has 172 valence electrons. The highest BCUT2D eigenvalue weighted by atomic mass is 32.2. The van der Waals surface area contributed by atoms with Crippen molar-refractivity contribution in [2.24, 2.45) is 5.92 Å². The summed E-state index contributed by atoms with van der Waals surface area (Å²) in [6.45, 7) is 6.41. The Hall–Kier alpha value is -3.00. The Labute approximate surface area is 194 Å². The summed E-state index contributed by atoms with van der Waals surface area (Å²) in [4.78, 5) is 4.97. The fourth-order valence-electron chi connectivity index (χ4n) is 4.68. The Bertz CT molecular complexity index is 1410. The Morgan fingerprint density at radius 1 is 1.03 bits per heavy atom. The summed E-state index contributed by atoms with van der Waals surface area (Å²) < 4.78 is 28.5. The third-order valence-electron chi connectivity index (χ3n) is 6.77. The summed E-state index contributed by atoms with van der Waals surface area (Å²) in [7, 11) is -3.88. The zero-order valence-corrected chi connectivity index (χ0v) is 20.0. The van der Waals surface area contributed by atoms with E-state index in [4.69, 9.17) is 4.98 Å². The van der Waals surface area contributed by atoms with E-state index in [1.807, 2.05) is 36.4 Å². The van der Waals surface area contributed by atoms with E-state index in [9.17, 15) is 8.42 Å². The molecular formula is C25H29N5O2S. The number of sulfone groups is 1. The molecular weight excluding hydrogens is 434 g/mol. The highest BCUT2D eigenvalue weighted by Gasteiger charge is 2.28. The third-order valence-corrected chi connectivity index (χ3v) is 8.43. The van der Waals surface area contributed by atoms with Crippen LogP contribution in [-0.2, 0) is 9.84 Å². The summed E-state index contributed by atoms with van der Waals surface area (Å²) >= 11 is 0. The average molecular weight is 464 g/mol. The molecule has 2 heterocycles. The molecule has 0 radical (unpaired) electrons. The van der Waals surface area contributed by atoms with Crippen molar-refractivity contribution in [1.29, 1.82) is 0 Å². The molecule has 0 spiro atoms. The first-order valence-electron chi connectivity index (χ1n) is 11.6. The lowest BCUT2D eigenvalue weighted by Crippen LogP contribution is -2.30. The Balaban J connectivity index is 1.64. The molecule has 0 amide bonds. The van der Waals surface area contributed by atoms with Gasteiger partial charge in [-0.3, -0.25) is 0 Å². The van der Waals surface area contributed by atoms with Crippen molar-refractivity contribution in [2.75, 3.05) is 5.32 Å². The number of rotatable bonds is 5. The topological polar surface area (TPSA) is 89.2 Å². The molecule has 2 atom stereocenters. The molecule has 1 fully saturated rings. The van der Waals surface area contributed by atoms with Crippen molar-refractivity contribution in [1.82, 2.24) is 19.8 Å². The lowest BCUT2D eigenvalue weighted by molar-refractivity contribution is 0.349. The quantitative estimate of drug-likeness (QED) is 0.436. The number of hydrogen-bond donors (Lipinski definition) is 1. The number of para-hydroxylation sites is 1. The van der Waals surface area contributed by atoms with Crippen molar-refractivity contribution in [3.8, 4) is 0 Å². The minimum atomic E-state index is -3.88. The van der Waals surface area contributed by atoms with Crippen molar-refractivity contribution >= 4 is 32.2 Å². The van der Waals surface area contributed by atoms with Gasteiger partial charge in [-0.1, -0.05) is 63.1 Å². The van der Waals surface area contributed by atoms with E-state index < -0.39 is 9.84 Å². The second kappa shape index (κ2) is 8.41. The van der Waals surface area contributed by atoms with E-state index in [1.54, 1.807) is 12.1 Å². The standard InChI is InChI=1S/C25H29N5O2S/c1-16(2)18-12-14-19(15-13-18)33(31,32)25-24-27-23(26-21-10-6-4-8-17(21)3)20-9-5-7-11-22(20)30(24)29-28-25/h5,7,9,11-17,21H,4,6,8,10H2,1-3H3,(H,26,27)/t17-,21+/m1/s1. The van der Waals surface area contributed by atoms with Crippen molar-refractivity contribution in [3.63, 3.8) is 0 Å². The Morgan fingerprint density at radius 2 is 1.76 bits per heavy atom. The van der Waals surface area contributed by atoms with Gasteiger partial charge in [-0.25, -0.2) is 13.4 Å². The maximum absolute atomic E-state index is 13.5. The smallest absolute Gasteiger partial charge is 0.229 e. The molecule has 1 aliphatic rings. The summed E-state index contributed by atoms with van der Waals surface area (Å²) in [5.74, 6) is 1.53. The van der Waals surface area contributed by atoms with Crippen LogP contribution in [0, 0.1) is 5.92 Å². The molecule has 0 aliphatic heterocycles. The number of anilines is 1. The summed E-state index contributed by atoms with van der Waals surface area (Å²) in [6.07, 6.45) is 4.69. The van der Waals surface area contributed by atoms with Crippen LogP contribution in [0.15, 0.2) is 58.5 Å². The number of nitrogens with zero attached hydrogens (tertiary/aromatic N) is 4. The first-order chi connectivity index (χ1) is 15.9. The number of nitrogens with one attached hydrogen (secondary N) is 1. The maximum Gasteiger partial charge on any atom is 0.229 e. The molecule has 2 aromatic carbocycles. The van der Waals surface area contributed by atoms with Gasteiger partial charge in [0.1, 0.15) is 5.82 Å². The fourth-order valence-corrected chi connectivity index (χ4v) is 5.91. The predicted octanol–water partition coefficient (Wildman–Crippen LogP) is 5.22. The van der Waals surface area contributed by atoms with Crippen molar-refractivity contribution in [2.45, 2.75) is 68.3 Å². The molecule has 1 aliphatic carbocycles. The molecule has 1 saturated carbocycles. The molecule has 5 rings (SSSR count). The van der Waals surface area contributed by atoms with Crippen molar-refractivity contribution in [3.05, 3.63) is 54.1 Å². The van der Waals surface area contributed by atoms with Crippen LogP contribution < -0.4 is 5.32 Å². The number of hydrogen-bond acceptors (Lipinski definition) is 6. The molecule has 2 aromatic heterocycles. The first-order valence-corrected chi connectivity index (χ1v) is 13.1. The second-order valence-corrected chi connectivity index (χ2v) is 11.2. The summed E-state index contributed by atoms with van der Waals surface area (Å²) in [6, 6.07) is 15.1. The van der Waals surface area contributed by atoms with E-state index in [0.717, 1.165) is 22.9 Å². The van der Waals surface area contributed by atoms with Gasteiger partial charge in [0.15, 0.2) is 5.65 Å². The number of fused-ring (bicyclic) bond motifs is 3. The van der Waals surface area contributed by atoms with Crippen molar-refractivity contribution < 1.29 is 8.42 Å². The van der Waals surface area contributed by atoms with Gasteiger partial charge >= 0.3 is 0 Å². The van der Waals surface area contributed by atoms with Crippen LogP contribution in [0.4, 0.5) is 5.82 Å². The van der Waals surface area contributed by atoms with Crippen LogP contribution in [0.2, 0.25) is 0 Å². The van der Waals surface area contributed by atoms with Crippen LogP contribution in [0.5, 0.6) is 0 Å². The van der Waals surface area contributed by atoms with Gasteiger partial charge in [-0.2, -0.15) is 4.52 Å². The van der Waals surface area contributed by atoms with Gasteiger partial charge in [0.2, 0.25) is 14.9 Å². The van der Waals surface area contributed by atoms with Gasteiger partial charge in [-0.05, 0) is 54.5 Å². The van der Waals surface area contributed by atoms with Gasteiger partial charge in [0.25, 0.3) is 0 Å². The van der Waals surface area contributed by atoms with E-state index >= 15 is 0 Å². The summed E-state index contributed by atoms with van der Waals surface area (Å²) in [5, 5.41) is 12.7. The highest BCUT2D eigenvalue weighted by molar-refractivity contribution is 7.91. The molecule has 0 bridgehead atoms. The van der Waals surface area contributed by atoms with Gasteiger partial charge < -0.3 is 5.32 Å². The molecule has 8 heteroatoms. The molecule has 7 nitrogen and oxygen atoms in total. The van der Waals surface area contributed by atoms with Crippen LogP contribution in [0.25, 0.3) is 16.6 Å². The van der Waals surface area contributed by atoms with Crippen LogP contribution in [0.1, 0.15) is 57.9 Å². The minimum absolute atomic E-state index is 0.120. The minimum Gasteiger partial charge on any atom is -0.366 e. The van der Waals surface area contributed by atoms with E-state index in [1.165, 1.54) is 23.8 Å². The zero-order chi connectivity index (χ0) is 23.2. The third kappa shape index (κ3) is 3.86. The maximum atomic E-state index is 13.5. The SMILES string of the molecule is CC(C)c1ccc(S(=O)(=O)c2nnn3c2nc(N[C@H]2CCCC[C@H]2C)c2ccccc23)cc1. The van der Waals surface area contributed by atoms with E-state index in [0.29, 0.717) is 23.7 Å². The summed E-state index contributed by atoms with van der Waals surface area (Å²) in [5.41, 5.74) is 2.10. The average Bonchev–Trinajstić information content (AvgIpc) is 3.26. The normalized spacial score (nSPS) is 19.4. The van der Waals surface area contributed by atoms with Gasteiger partial charge in [0, 0.05) is 11.4 Å². The monoisotopic (exact) mass is 463 g/mol. The lowest BCUT2D eigenvalue weighted by atomic mass is 9.86. The van der Waals surface area contributed by atoms with Crippen LogP contribution >= 0.6 is 0 Å². The number of aromatic nitrogens is 4. The Kier molecular flexibility index (Phi) is 5.56. The molecule has 1 N–H and O–H groups in total. The Morgan fingerprint density at radius 3 is 2.48 bits per heavy atom. The van der Waals surface area contributed by atoms with Gasteiger partial charge in [-0.15, -0.1) is 5.10 Å². The molecule has 0 saturated heterocycles. The van der Waals surface area contributed by atoms with Crippen LogP contribution in [-0.4, -0.2) is 34.3 Å². The molecule has 33 heavy (non-hydrogen) atoms. The first kappa shape index (κ1) is 21.8. The second-order valence-electron chi connectivity index (χ2n) is 9.35. The lowest BCUT2D eigenvalue weighted by Gasteiger charge is -2.30. The largest absolute Gasteiger partial charge is 0.366 e. The van der Waals surface area contributed by atoms with Gasteiger partial charge in [0.05, 0.1) is 10.4 Å². The fraction of sp³-hybridized carbons (Fsp3) is 0.400. The van der Waals surface area contributed by atoms with Crippen LogP contribution in [0.3, 0.4) is 0 Å².